The first kappa shape index (κ1) is 11.9. The molecule has 20 heavy (non-hydrogen) atoms. The summed E-state index contributed by atoms with van der Waals surface area (Å²) in [4.78, 5) is 24.8. The Morgan fingerprint density at radius 3 is 3.20 bits per heavy atom. The van der Waals surface area contributed by atoms with Gasteiger partial charge in [0.1, 0.15) is 11.3 Å². The third-order valence-electron chi connectivity index (χ3n) is 5.38. The van der Waals surface area contributed by atoms with E-state index in [9.17, 15) is 14.9 Å². The number of nitrogens with zero attached hydrogens (tertiary/aromatic N) is 2. The van der Waals surface area contributed by atoms with Crippen molar-refractivity contribution in [2.45, 2.75) is 31.2 Å². The van der Waals surface area contributed by atoms with Crippen LogP contribution in [0.3, 0.4) is 0 Å². The minimum absolute atomic E-state index is 0.0185. The third kappa shape index (κ3) is 1.31. The van der Waals surface area contributed by atoms with Crippen molar-refractivity contribution >= 4 is 5.91 Å². The van der Waals surface area contributed by atoms with Crippen LogP contribution in [-0.4, -0.2) is 28.8 Å². The number of furan rings is 1. The minimum Gasteiger partial charge on any atom is -0.467 e. The molecule has 0 bridgehead atoms. The van der Waals surface area contributed by atoms with Crippen LogP contribution < -0.4 is 0 Å². The van der Waals surface area contributed by atoms with Crippen molar-refractivity contribution in [3.8, 4) is 0 Å². The zero-order chi connectivity index (χ0) is 13.9. The fourth-order valence-electron chi connectivity index (χ4n) is 4.66. The lowest BCUT2D eigenvalue weighted by Gasteiger charge is -2.41. The van der Waals surface area contributed by atoms with Crippen LogP contribution in [0.5, 0.6) is 0 Å². The van der Waals surface area contributed by atoms with E-state index in [1.807, 2.05) is 11.0 Å². The van der Waals surface area contributed by atoms with Gasteiger partial charge in [0.05, 0.1) is 6.26 Å². The van der Waals surface area contributed by atoms with Crippen LogP contribution in [0.4, 0.5) is 0 Å². The van der Waals surface area contributed by atoms with E-state index in [1.165, 1.54) is 5.56 Å². The number of nitro groups is 1. The van der Waals surface area contributed by atoms with Crippen molar-refractivity contribution in [2.75, 3.05) is 13.1 Å². The predicted octanol–water partition coefficient (Wildman–Crippen LogP) is 1.57. The van der Waals surface area contributed by atoms with Gasteiger partial charge in [0.2, 0.25) is 12.5 Å². The lowest BCUT2D eigenvalue weighted by molar-refractivity contribution is -0.489. The van der Waals surface area contributed by atoms with E-state index in [-0.39, 0.29) is 29.2 Å². The van der Waals surface area contributed by atoms with Crippen molar-refractivity contribution in [3.63, 3.8) is 0 Å². The normalized spacial score (nSPS) is 34.8. The molecule has 1 saturated carbocycles. The maximum Gasteiger partial charge on any atom is 0.223 e. The Balaban J connectivity index is 1.80. The lowest BCUT2D eigenvalue weighted by atomic mass is 9.78. The molecule has 4 rings (SSSR count). The molecule has 3 aliphatic rings. The first-order valence-electron chi connectivity index (χ1n) is 7.12. The molecule has 0 radical (unpaired) electrons. The molecule has 106 valence electrons. The summed E-state index contributed by atoms with van der Waals surface area (Å²) in [6, 6.07) is 1.97. The molecule has 1 amide bonds. The van der Waals surface area contributed by atoms with Crippen molar-refractivity contribution in [2.24, 2.45) is 11.8 Å². The van der Waals surface area contributed by atoms with Crippen LogP contribution >= 0.6 is 0 Å². The van der Waals surface area contributed by atoms with Gasteiger partial charge in [-0.25, -0.2) is 0 Å². The molecular weight excluding hydrogens is 260 g/mol. The van der Waals surface area contributed by atoms with Gasteiger partial charge < -0.3 is 9.32 Å². The molecule has 1 aromatic rings. The average molecular weight is 276 g/mol. The standard InChI is InChI=1S/C14H16N2O4/c17-12-7-11-10(8-16(18)19)1-4-14(11)13-9(3-6-20-13)2-5-15(12)14/h3,6,10-11H,1-2,4-5,7-8H2/t10-,11-,14+/m0/s1. The second kappa shape index (κ2) is 3.84. The number of amides is 1. The van der Waals surface area contributed by atoms with Crippen LogP contribution in [0.25, 0.3) is 0 Å². The van der Waals surface area contributed by atoms with Gasteiger partial charge in [0, 0.05) is 29.7 Å². The van der Waals surface area contributed by atoms with Crippen molar-refractivity contribution in [3.05, 3.63) is 33.8 Å². The quantitative estimate of drug-likeness (QED) is 0.607. The Morgan fingerprint density at radius 1 is 1.55 bits per heavy atom. The van der Waals surface area contributed by atoms with E-state index in [4.69, 9.17) is 4.42 Å². The Bertz CT molecular complexity index is 596. The van der Waals surface area contributed by atoms with Gasteiger partial charge in [-0.3, -0.25) is 14.9 Å². The lowest BCUT2D eigenvalue weighted by Crippen LogP contribution is -2.49. The van der Waals surface area contributed by atoms with Crippen molar-refractivity contribution in [1.29, 1.82) is 0 Å². The zero-order valence-corrected chi connectivity index (χ0v) is 11.1. The van der Waals surface area contributed by atoms with Crippen LogP contribution in [0.2, 0.25) is 0 Å². The Kier molecular flexibility index (Phi) is 2.29. The highest BCUT2D eigenvalue weighted by molar-refractivity contribution is 5.81. The SMILES string of the molecule is O=C1C[C@H]2[C@H](C[N+](=O)[O-])CC[C@]23c2occc2CCN13. The molecule has 0 N–H and O–H groups in total. The highest BCUT2D eigenvalue weighted by Gasteiger charge is 2.63. The largest absolute Gasteiger partial charge is 0.467 e. The molecule has 2 aliphatic heterocycles. The van der Waals surface area contributed by atoms with E-state index in [2.05, 4.69) is 0 Å². The smallest absolute Gasteiger partial charge is 0.223 e. The molecule has 1 aliphatic carbocycles. The van der Waals surface area contributed by atoms with E-state index in [0.29, 0.717) is 13.0 Å². The molecule has 0 unspecified atom stereocenters. The Labute approximate surface area is 115 Å². The zero-order valence-electron chi connectivity index (χ0n) is 11.1. The van der Waals surface area contributed by atoms with Crippen LogP contribution in [-0.2, 0) is 16.8 Å². The predicted molar refractivity (Wildman–Crippen MR) is 68.5 cm³/mol. The van der Waals surface area contributed by atoms with Gasteiger partial charge in [-0.05, 0) is 30.9 Å². The van der Waals surface area contributed by atoms with Crippen LogP contribution in [0.1, 0.15) is 30.6 Å². The summed E-state index contributed by atoms with van der Waals surface area (Å²) in [6.45, 7) is 0.677. The third-order valence-corrected chi connectivity index (χ3v) is 5.38. The first-order chi connectivity index (χ1) is 9.63. The monoisotopic (exact) mass is 276 g/mol. The molecule has 2 fully saturated rings. The van der Waals surface area contributed by atoms with E-state index in [1.54, 1.807) is 6.26 Å². The second-order valence-corrected chi connectivity index (χ2v) is 6.12. The van der Waals surface area contributed by atoms with Gasteiger partial charge in [-0.15, -0.1) is 0 Å². The molecule has 3 heterocycles. The molecule has 3 atom stereocenters. The summed E-state index contributed by atoms with van der Waals surface area (Å²) in [7, 11) is 0. The van der Waals surface area contributed by atoms with Gasteiger partial charge in [-0.1, -0.05) is 0 Å². The van der Waals surface area contributed by atoms with E-state index in [0.717, 1.165) is 25.0 Å². The molecule has 6 nitrogen and oxygen atoms in total. The molecule has 1 aromatic heterocycles. The number of rotatable bonds is 2. The van der Waals surface area contributed by atoms with Crippen molar-refractivity contribution < 1.29 is 14.1 Å². The fourth-order valence-corrected chi connectivity index (χ4v) is 4.66. The highest BCUT2D eigenvalue weighted by atomic mass is 16.6. The maximum absolute atomic E-state index is 12.3. The summed E-state index contributed by atoms with van der Waals surface area (Å²) < 4.78 is 5.71. The Hall–Kier alpha value is -1.85. The number of carbonyl (C=O) groups excluding carboxylic acids is 1. The topological polar surface area (TPSA) is 76.6 Å². The first-order valence-corrected chi connectivity index (χ1v) is 7.12. The number of hydrogen-bond acceptors (Lipinski definition) is 4. The summed E-state index contributed by atoms with van der Waals surface area (Å²) in [6.07, 6.45) is 4.53. The number of fused-ring (bicyclic) bond motifs is 1. The van der Waals surface area contributed by atoms with E-state index < -0.39 is 5.54 Å². The van der Waals surface area contributed by atoms with E-state index >= 15 is 0 Å². The summed E-state index contributed by atoms with van der Waals surface area (Å²) in [5.41, 5.74) is 0.775. The Morgan fingerprint density at radius 2 is 2.40 bits per heavy atom. The fraction of sp³-hybridized carbons (Fsp3) is 0.643. The van der Waals surface area contributed by atoms with Crippen molar-refractivity contribution in [1.82, 2.24) is 4.90 Å². The molecular formula is C14H16N2O4. The molecule has 0 aromatic carbocycles. The summed E-state index contributed by atoms with van der Waals surface area (Å²) in [5, 5.41) is 10.9. The van der Waals surface area contributed by atoms with Crippen LogP contribution in [0, 0.1) is 22.0 Å². The van der Waals surface area contributed by atoms with Gasteiger partial charge in [-0.2, -0.15) is 0 Å². The maximum atomic E-state index is 12.3. The van der Waals surface area contributed by atoms with Gasteiger partial charge >= 0.3 is 0 Å². The second-order valence-electron chi connectivity index (χ2n) is 6.12. The van der Waals surface area contributed by atoms with Gasteiger partial charge in [0.15, 0.2) is 0 Å². The van der Waals surface area contributed by atoms with Crippen LogP contribution in [0.15, 0.2) is 16.7 Å². The highest BCUT2D eigenvalue weighted by Crippen LogP contribution is 2.58. The molecule has 1 spiro atoms. The number of carbonyl (C=O) groups is 1. The summed E-state index contributed by atoms with van der Waals surface area (Å²) >= 11 is 0. The average Bonchev–Trinajstić information content (AvgIpc) is 3.04. The van der Waals surface area contributed by atoms with Gasteiger partial charge in [0.25, 0.3) is 0 Å². The molecule has 1 saturated heterocycles. The molecule has 6 heteroatoms. The minimum atomic E-state index is -0.394. The summed E-state index contributed by atoms with van der Waals surface area (Å²) in [5.74, 6) is 1.04. The number of hydrogen-bond donors (Lipinski definition) is 0.